The summed E-state index contributed by atoms with van der Waals surface area (Å²) >= 11 is 1.57. The summed E-state index contributed by atoms with van der Waals surface area (Å²) in [5.74, 6) is -0.457. The molecule has 6 heteroatoms. The summed E-state index contributed by atoms with van der Waals surface area (Å²) in [5, 5.41) is 13.7. The predicted molar refractivity (Wildman–Crippen MR) is 88.9 cm³/mol. The molecule has 0 fully saturated rings. The Morgan fingerprint density at radius 1 is 1.30 bits per heavy atom. The summed E-state index contributed by atoms with van der Waals surface area (Å²) in [6.07, 6.45) is 0. The van der Waals surface area contributed by atoms with Gasteiger partial charge in [-0.25, -0.2) is 0 Å². The summed E-state index contributed by atoms with van der Waals surface area (Å²) in [7, 11) is 0. The molecule has 0 aliphatic rings. The third-order valence-corrected chi connectivity index (χ3v) is 4.16. The first-order chi connectivity index (χ1) is 11.1. The van der Waals surface area contributed by atoms with Crippen molar-refractivity contribution in [3.8, 4) is 6.07 Å². The molecule has 5 nitrogen and oxygen atoms in total. The Bertz CT molecular complexity index is 720. The molecule has 1 aromatic carbocycles. The van der Waals surface area contributed by atoms with Crippen LogP contribution in [0.2, 0.25) is 0 Å². The molecule has 0 spiro atoms. The van der Waals surface area contributed by atoms with E-state index in [0.717, 1.165) is 4.88 Å². The number of carbonyl (C=O) groups excluding carboxylic acids is 2. The molecule has 0 saturated carbocycles. The van der Waals surface area contributed by atoms with Crippen molar-refractivity contribution in [2.45, 2.75) is 13.5 Å². The molecular weight excluding hydrogens is 310 g/mol. The van der Waals surface area contributed by atoms with E-state index < -0.39 is 0 Å². The molecule has 118 valence electrons. The van der Waals surface area contributed by atoms with Crippen molar-refractivity contribution < 1.29 is 9.59 Å². The van der Waals surface area contributed by atoms with Crippen LogP contribution in [-0.2, 0) is 11.3 Å². The number of benzene rings is 1. The molecular formula is C17H17N3O2S. The number of hydrogen-bond donors (Lipinski definition) is 1. The number of carbonyl (C=O) groups is 2. The molecule has 0 bridgehead atoms. The third-order valence-electron chi connectivity index (χ3n) is 3.28. The van der Waals surface area contributed by atoms with Gasteiger partial charge in [-0.1, -0.05) is 12.1 Å². The summed E-state index contributed by atoms with van der Waals surface area (Å²) in [4.78, 5) is 27.0. The molecule has 0 unspecified atom stereocenters. The van der Waals surface area contributed by atoms with E-state index in [2.05, 4.69) is 5.32 Å². The first-order valence-electron chi connectivity index (χ1n) is 7.22. The molecule has 0 aliphatic heterocycles. The average Bonchev–Trinajstić information content (AvgIpc) is 3.10. The van der Waals surface area contributed by atoms with E-state index in [9.17, 15) is 9.59 Å². The Morgan fingerprint density at radius 3 is 2.78 bits per heavy atom. The van der Waals surface area contributed by atoms with Crippen molar-refractivity contribution in [3.63, 3.8) is 0 Å². The van der Waals surface area contributed by atoms with Crippen LogP contribution >= 0.6 is 11.3 Å². The topological polar surface area (TPSA) is 73.2 Å². The van der Waals surface area contributed by atoms with E-state index >= 15 is 0 Å². The van der Waals surface area contributed by atoms with Gasteiger partial charge in [0.2, 0.25) is 5.91 Å². The number of nitriles is 1. The molecule has 23 heavy (non-hydrogen) atoms. The van der Waals surface area contributed by atoms with Gasteiger partial charge in [0.1, 0.15) is 0 Å². The predicted octanol–water partition coefficient (Wildman–Crippen LogP) is 2.40. The van der Waals surface area contributed by atoms with Crippen LogP contribution in [0, 0.1) is 11.3 Å². The fourth-order valence-corrected chi connectivity index (χ4v) is 2.70. The fraction of sp³-hybridized carbons (Fsp3) is 0.235. The van der Waals surface area contributed by atoms with E-state index in [1.54, 1.807) is 29.5 Å². The smallest absolute Gasteiger partial charge is 0.254 e. The quantitative estimate of drug-likeness (QED) is 0.885. The molecule has 1 N–H and O–H groups in total. The number of amides is 2. The van der Waals surface area contributed by atoms with Crippen molar-refractivity contribution in [2.75, 3.05) is 13.1 Å². The number of likely N-dealkylation sites (N-methyl/N-ethyl adjacent to an activating group) is 1. The van der Waals surface area contributed by atoms with E-state index in [-0.39, 0.29) is 18.4 Å². The van der Waals surface area contributed by atoms with Crippen molar-refractivity contribution in [3.05, 3.63) is 57.8 Å². The van der Waals surface area contributed by atoms with Gasteiger partial charge in [0.15, 0.2) is 0 Å². The summed E-state index contributed by atoms with van der Waals surface area (Å²) in [6.45, 7) is 2.70. The third kappa shape index (κ3) is 4.66. The van der Waals surface area contributed by atoms with Crippen molar-refractivity contribution in [2.24, 2.45) is 0 Å². The maximum Gasteiger partial charge on any atom is 0.254 e. The molecule has 2 rings (SSSR count). The van der Waals surface area contributed by atoms with Gasteiger partial charge in [-0.15, -0.1) is 11.3 Å². The number of nitrogens with one attached hydrogen (secondary N) is 1. The van der Waals surface area contributed by atoms with Gasteiger partial charge in [0.25, 0.3) is 5.91 Å². The van der Waals surface area contributed by atoms with Gasteiger partial charge < -0.3 is 10.2 Å². The standard InChI is InChI=1S/C17H17N3O2S/c1-2-20(12-16(21)19-11-15-7-4-8-23-15)17(22)14-6-3-5-13(9-14)10-18/h3-9H,2,11-12H2,1H3,(H,19,21). The lowest BCUT2D eigenvalue weighted by molar-refractivity contribution is -0.121. The van der Waals surface area contributed by atoms with E-state index in [4.69, 9.17) is 5.26 Å². The first kappa shape index (κ1) is 16.7. The van der Waals surface area contributed by atoms with Crippen LogP contribution in [0.5, 0.6) is 0 Å². The van der Waals surface area contributed by atoms with Crippen LogP contribution in [0.4, 0.5) is 0 Å². The number of nitrogens with zero attached hydrogens (tertiary/aromatic N) is 2. The van der Waals surface area contributed by atoms with Gasteiger partial charge in [-0.3, -0.25) is 9.59 Å². The number of thiophene rings is 1. The molecule has 0 radical (unpaired) electrons. The normalized spacial score (nSPS) is 9.91. The number of hydrogen-bond acceptors (Lipinski definition) is 4. The van der Waals surface area contributed by atoms with Gasteiger partial charge in [-0.05, 0) is 36.6 Å². The Balaban J connectivity index is 1.96. The zero-order valence-corrected chi connectivity index (χ0v) is 13.6. The van der Waals surface area contributed by atoms with Crippen LogP contribution in [0.15, 0.2) is 41.8 Å². The van der Waals surface area contributed by atoms with E-state index in [1.807, 2.05) is 30.5 Å². The zero-order chi connectivity index (χ0) is 16.7. The van der Waals surface area contributed by atoms with Crippen molar-refractivity contribution in [1.29, 1.82) is 5.26 Å². The van der Waals surface area contributed by atoms with Crippen LogP contribution in [0.25, 0.3) is 0 Å². The first-order valence-corrected chi connectivity index (χ1v) is 8.10. The molecule has 0 atom stereocenters. The van der Waals surface area contributed by atoms with Gasteiger partial charge in [0, 0.05) is 17.0 Å². The highest BCUT2D eigenvalue weighted by molar-refractivity contribution is 7.09. The minimum absolute atomic E-state index is 0.00249. The Labute approximate surface area is 139 Å². The average molecular weight is 327 g/mol. The van der Waals surface area contributed by atoms with Gasteiger partial charge >= 0.3 is 0 Å². The van der Waals surface area contributed by atoms with Crippen molar-refractivity contribution in [1.82, 2.24) is 10.2 Å². The number of rotatable bonds is 6. The largest absolute Gasteiger partial charge is 0.350 e. The maximum absolute atomic E-state index is 12.5. The summed E-state index contributed by atoms with van der Waals surface area (Å²) in [5.41, 5.74) is 0.839. The molecule has 1 heterocycles. The van der Waals surface area contributed by atoms with Crippen LogP contribution in [0.3, 0.4) is 0 Å². The fourth-order valence-electron chi connectivity index (χ4n) is 2.06. The zero-order valence-electron chi connectivity index (χ0n) is 12.8. The monoisotopic (exact) mass is 327 g/mol. The molecule has 2 amide bonds. The molecule has 0 aliphatic carbocycles. The molecule has 0 saturated heterocycles. The van der Waals surface area contributed by atoms with Crippen LogP contribution < -0.4 is 5.32 Å². The lowest BCUT2D eigenvalue weighted by Gasteiger charge is -2.20. The molecule has 2 aromatic rings. The second-order valence-electron chi connectivity index (χ2n) is 4.87. The summed E-state index contributed by atoms with van der Waals surface area (Å²) < 4.78 is 0. The van der Waals surface area contributed by atoms with E-state index in [0.29, 0.717) is 24.2 Å². The highest BCUT2D eigenvalue weighted by Crippen LogP contribution is 2.09. The molecule has 1 aromatic heterocycles. The lowest BCUT2D eigenvalue weighted by Crippen LogP contribution is -2.40. The van der Waals surface area contributed by atoms with Gasteiger partial charge in [-0.2, -0.15) is 5.26 Å². The minimum Gasteiger partial charge on any atom is -0.350 e. The second kappa shape index (κ2) is 8.11. The lowest BCUT2D eigenvalue weighted by atomic mass is 10.1. The summed E-state index contributed by atoms with van der Waals surface area (Å²) in [6, 6.07) is 12.4. The maximum atomic E-state index is 12.5. The van der Waals surface area contributed by atoms with Crippen molar-refractivity contribution >= 4 is 23.2 Å². The van der Waals surface area contributed by atoms with Gasteiger partial charge in [0.05, 0.1) is 24.7 Å². The Kier molecular flexibility index (Phi) is 5.89. The minimum atomic E-state index is -0.254. The van der Waals surface area contributed by atoms with E-state index in [1.165, 1.54) is 11.0 Å². The Hall–Kier alpha value is -2.65. The highest BCUT2D eigenvalue weighted by atomic mass is 32.1. The van der Waals surface area contributed by atoms with Crippen LogP contribution in [0.1, 0.15) is 27.7 Å². The SMILES string of the molecule is CCN(CC(=O)NCc1cccs1)C(=O)c1cccc(C#N)c1. The van der Waals surface area contributed by atoms with Crippen LogP contribution in [-0.4, -0.2) is 29.8 Å². The highest BCUT2D eigenvalue weighted by Gasteiger charge is 2.17. The Morgan fingerprint density at radius 2 is 2.13 bits per heavy atom. The second-order valence-corrected chi connectivity index (χ2v) is 5.90.